The molecule has 0 aromatic heterocycles. The van der Waals surface area contributed by atoms with Crippen LogP contribution in [0.25, 0.3) is 0 Å². The van der Waals surface area contributed by atoms with Crippen LogP contribution in [0.1, 0.15) is 44.9 Å². The van der Waals surface area contributed by atoms with E-state index < -0.39 is 0 Å². The molecule has 0 aromatic rings. The SMILES string of the molecule is CN1CCCCCCCC(=O)CC1=S. The molecule has 0 saturated carbocycles. The molecule has 0 radical (unpaired) electrons. The first-order valence-electron chi connectivity index (χ1n) is 5.46. The predicted octanol–water partition coefficient (Wildman–Crippen LogP) is 2.56. The van der Waals surface area contributed by atoms with Gasteiger partial charge in [0.05, 0.1) is 11.4 Å². The molecule has 0 N–H and O–H groups in total. The lowest BCUT2D eigenvalue weighted by atomic mass is 10.1. The van der Waals surface area contributed by atoms with Crippen LogP contribution in [0.5, 0.6) is 0 Å². The molecular weight excluding hydrogens is 194 g/mol. The van der Waals surface area contributed by atoms with Gasteiger partial charge in [0.15, 0.2) is 0 Å². The lowest BCUT2D eigenvalue weighted by Gasteiger charge is -2.18. The van der Waals surface area contributed by atoms with Gasteiger partial charge >= 0.3 is 0 Å². The number of nitrogens with zero attached hydrogens (tertiary/aromatic N) is 1. The fraction of sp³-hybridized carbons (Fsp3) is 0.818. The molecule has 0 amide bonds. The van der Waals surface area contributed by atoms with Crippen LogP contribution < -0.4 is 0 Å². The van der Waals surface area contributed by atoms with E-state index in [1.54, 1.807) is 0 Å². The quantitative estimate of drug-likeness (QED) is 0.577. The number of hydrogen-bond donors (Lipinski definition) is 0. The molecule has 0 aliphatic carbocycles. The number of ketones is 1. The topological polar surface area (TPSA) is 20.3 Å². The van der Waals surface area contributed by atoms with Crippen molar-refractivity contribution in [2.45, 2.75) is 44.9 Å². The highest BCUT2D eigenvalue weighted by Gasteiger charge is 2.10. The van der Waals surface area contributed by atoms with Crippen molar-refractivity contribution in [3.8, 4) is 0 Å². The van der Waals surface area contributed by atoms with Gasteiger partial charge in [-0.1, -0.05) is 31.5 Å². The molecule has 1 aliphatic heterocycles. The minimum Gasteiger partial charge on any atom is -0.369 e. The molecule has 1 saturated heterocycles. The fourth-order valence-electron chi connectivity index (χ4n) is 1.72. The maximum Gasteiger partial charge on any atom is 0.139 e. The highest BCUT2D eigenvalue weighted by atomic mass is 32.1. The summed E-state index contributed by atoms with van der Waals surface area (Å²) in [4.78, 5) is 14.3. The van der Waals surface area contributed by atoms with E-state index in [-0.39, 0.29) is 0 Å². The summed E-state index contributed by atoms with van der Waals surface area (Å²) in [5.74, 6) is 0.309. The molecule has 2 nitrogen and oxygen atoms in total. The highest BCUT2D eigenvalue weighted by molar-refractivity contribution is 7.80. The van der Waals surface area contributed by atoms with Crippen molar-refractivity contribution < 1.29 is 4.79 Å². The second kappa shape index (κ2) is 6.12. The molecule has 1 heterocycles. The van der Waals surface area contributed by atoms with E-state index in [0.717, 1.165) is 18.0 Å². The monoisotopic (exact) mass is 213 g/mol. The van der Waals surface area contributed by atoms with Gasteiger partial charge in [-0.05, 0) is 12.8 Å². The number of rotatable bonds is 0. The zero-order valence-electron chi connectivity index (χ0n) is 8.92. The van der Waals surface area contributed by atoms with Crippen molar-refractivity contribution in [1.82, 2.24) is 4.90 Å². The van der Waals surface area contributed by atoms with Crippen LogP contribution in [0.15, 0.2) is 0 Å². The third kappa shape index (κ3) is 4.18. The molecule has 0 bridgehead atoms. The number of hydrogen-bond acceptors (Lipinski definition) is 2. The Morgan fingerprint density at radius 3 is 2.57 bits per heavy atom. The maximum atomic E-state index is 11.5. The molecule has 14 heavy (non-hydrogen) atoms. The number of thiocarbonyl (C=S) groups is 1. The molecular formula is C11H19NOS. The number of carbonyl (C=O) groups is 1. The van der Waals surface area contributed by atoms with Crippen molar-refractivity contribution in [2.75, 3.05) is 13.6 Å². The van der Waals surface area contributed by atoms with Crippen LogP contribution >= 0.6 is 12.2 Å². The second-order valence-electron chi connectivity index (χ2n) is 4.05. The average Bonchev–Trinajstić information content (AvgIpc) is 2.17. The van der Waals surface area contributed by atoms with Gasteiger partial charge in [0.1, 0.15) is 5.78 Å². The Kier molecular flexibility index (Phi) is 5.09. The maximum absolute atomic E-state index is 11.5. The summed E-state index contributed by atoms with van der Waals surface area (Å²) in [6.45, 7) is 1.01. The molecule has 1 rings (SSSR count). The van der Waals surface area contributed by atoms with Crippen LogP contribution in [-0.4, -0.2) is 29.3 Å². The molecule has 80 valence electrons. The van der Waals surface area contributed by atoms with E-state index in [1.165, 1.54) is 25.7 Å². The van der Waals surface area contributed by atoms with Gasteiger partial charge in [0.2, 0.25) is 0 Å². The van der Waals surface area contributed by atoms with Crippen molar-refractivity contribution in [3.63, 3.8) is 0 Å². The fourth-order valence-corrected chi connectivity index (χ4v) is 1.97. The summed E-state index contributed by atoms with van der Waals surface area (Å²) < 4.78 is 0. The third-order valence-electron chi connectivity index (χ3n) is 2.72. The third-order valence-corrected chi connectivity index (χ3v) is 3.18. The van der Waals surface area contributed by atoms with E-state index >= 15 is 0 Å². The number of Topliss-reactive ketones (excluding diaryl/α,β-unsaturated/α-hetero) is 1. The van der Waals surface area contributed by atoms with Crippen LogP contribution in [0, 0.1) is 0 Å². The van der Waals surface area contributed by atoms with Crippen molar-refractivity contribution in [3.05, 3.63) is 0 Å². The lowest BCUT2D eigenvalue weighted by molar-refractivity contribution is -0.118. The molecule has 0 unspecified atom stereocenters. The van der Waals surface area contributed by atoms with Gasteiger partial charge in [0.25, 0.3) is 0 Å². The zero-order chi connectivity index (χ0) is 10.4. The van der Waals surface area contributed by atoms with Gasteiger partial charge in [0, 0.05) is 20.0 Å². The summed E-state index contributed by atoms with van der Waals surface area (Å²) in [7, 11) is 1.99. The standard InChI is InChI=1S/C11H19NOS/c1-12-8-6-4-2-3-5-7-10(13)9-11(12)14/h2-9H2,1H3. The Morgan fingerprint density at radius 1 is 1.14 bits per heavy atom. The minimum atomic E-state index is 0.309. The first-order chi connectivity index (χ1) is 6.70. The lowest BCUT2D eigenvalue weighted by Crippen LogP contribution is -2.27. The van der Waals surface area contributed by atoms with Gasteiger partial charge < -0.3 is 4.90 Å². The van der Waals surface area contributed by atoms with Gasteiger partial charge in [-0.15, -0.1) is 0 Å². The first-order valence-corrected chi connectivity index (χ1v) is 5.86. The van der Waals surface area contributed by atoms with Crippen molar-refractivity contribution in [2.24, 2.45) is 0 Å². The Bertz CT molecular complexity index is 215. The van der Waals surface area contributed by atoms with Crippen molar-refractivity contribution >= 4 is 23.0 Å². The molecule has 1 fully saturated rings. The summed E-state index contributed by atoms with van der Waals surface area (Å²) in [6, 6.07) is 0. The summed E-state index contributed by atoms with van der Waals surface area (Å²) in [5, 5.41) is 0. The predicted molar refractivity (Wildman–Crippen MR) is 62.6 cm³/mol. The molecule has 0 spiro atoms. The largest absolute Gasteiger partial charge is 0.369 e. The second-order valence-corrected chi connectivity index (χ2v) is 4.52. The molecule has 3 heteroatoms. The summed E-state index contributed by atoms with van der Waals surface area (Å²) >= 11 is 5.21. The highest BCUT2D eigenvalue weighted by Crippen LogP contribution is 2.10. The summed E-state index contributed by atoms with van der Waals surface area (Å²) in [5.41, 5.74) is 0. The molecule has 1 aliphatic rings. The molecule has 0 aromatic carbocycles. The van der Waals surface area contributed by atoms with Crippen molar-refractivity contribution in [1.29, 1.82) is 0 Å². The van der Waals surface area contributed by atoms with Gasteiger partial charge in [-0.25, -0.2) is 0 Å². The first kappa shape index (κ1) is 11.6. The average molecular weight is 213 g/mol. The smallest absolute Gasteiger partial charge is 0.139 e. The van der Waals surface area contributed by atoms with Crippen LogP contribution in [0.2, 0.25) is 0 Å². The minimum absolute atomic E-state index is 0.309. The summed E-state index contributed by atoms with van der Waals surface area (Å²) in [6.07, 6.45) is 7.16. The Labute approximate surface area is 91.7 Å². The number of carbonyl (C=O) groups excluding carboxylic acids is 1. The molecule has 0 atom stereocenters. The van der Waals surface area contributed by atoms with E-state index in [2.05, 4.69) is 4.90 Å². The van der Waals surface area contributed by atoms with Gasteiger partial charge in [-0.3, -0.25) is 4.79 Å². The Hall–Kier alpha value is -0.440. The van der Waals surface area contributed by atoms with E-state index in [0.29, 0.717) is 18.6 Å². The van der Waals surface area contributed by atoms with E-state index in [4.69, 9.17) is 12.2 Å². The van der Waals surface area contributed by atoms with Crippen LogP contribution in [-0.2, 0) is 4.79 Å². The van der Waals surface area contributed by atoms with Crippen LogP contribution in [0.3, 0.4) is 0 Å². The van der Waals surface area contributed by atoms with Crippen LogP contribution in [0.4, 0.5) is 0 Å². The zero-order valence-corrected chi connectivity index (χ0v) is 9.74. The Balaban J connectivity index is 2.46. The van der Waals surface area contributed by atoms with E-state index in [1.807, 2.05) is 7.05 Å². The van der Waals surface area contributed by atoms with E-state index in [9.17, 15) is 4.79 Å². The normalized spacial score (nSPS) is 21.9. The Morgan fingerprint density at radius 2 is 1.79 bits per heavy atom. The van der Waals surface area contributed by atoms with Gasteiger partial charge in [-0.2, -0.15) is 0 Å².